The predicted octanol–water partition coefficient (Wildman–Crippen LogP) is 3.33. The van der Waals surface area contributed by atoms with Gasteiger partial charge in [0.2, 0.25) is 0 Å². The summed E-state index contributed by atoms with van der Waals surface area (Å²) < 4.78 is 0. The highest BCUT2D eigenvalue weighted by atomic mass is 16.1. The van der Waals surface area contributed by atoms with Gasteiger partial charge in [0.15, 0.2) is 5.78 Å². The van der Waals surface area contributed by atoms with E-state index in [9.17, 15) is 4.79 Å². The fourth-order valence-electron chi connectivity index (χ4n) is 2.43. The van der Waals surface area contributed by atoms with Gasteiger partial charge in [0.05, 0.1) is 0 Å². The van der Waals surface area contributed by atoms with Gasteiger partial charge in [-0.15, -0.1) is 0 Å². The van der Waals surface area contributed by atoms with Gasteiger partial charge in [0, 0.05) is 24.2 Å². The van der Waals surface area contributed by atoms with E-state index < -0.39 is 0 Å². The van der Waals surface area contributed by atoms with Crippen LogP contribution in [0, 0.1) is 0 Å². The van der Waals surface area contributed by atoms with Crippen LogP contribution in [0.15, 0.2) is 71.8 Å². The van der Waals surface area contributed by atoms with Crippen LogP contribution >= 0.6 is 0 Å². The fourth-order valence-corrected chi connectivity index (χ4v) is 2.43. The first-order valence-corrected chi connectivity index (χ1v) is 7.09. The zero-order valence-electron chi connectivity index (χ0n) is 11.8. The predicted molar refractivity (Wildman–Crippen MR) is 86.7 cm³/mol. The van der Waals surface area contributed by atoms with Gasteiger partial charge in [-0.2, -0.15) is 0 Å². The summed E-state index contributed by atoms with van der Waals surface area (Å²) >= 11 is 0. The Labute approximate surface area is 124 Å². The molecular weight excluding hydrogens is 258 g/mol. The van der Waals surface area contributed by atoms with Gasteiger partial charge in [0.25, 0.3) is 0 Å². The number of carbonyl (C=O) groups is 1. The lowest BCUT2D eigenvalue weighted by atomic mass is 9.96. The van der Waals surface area contributed by atoms with E-state index in [1.165, 1.54) is 0 Å². The SMILES string of the molecule is O=C1/C(=C\c2ccccc2)CNC/C1=C\c1ccccc1. The van der Waals surface area contributed by atoms with Crippen LogP contribution in [-0.2, 0) is 4.79 Å². The second kappa shape index (κ2) is 6.33. The summed E-state index contributed by atoms with van der Waals surface area (Å²) in [6, 6.07) is 19.9. The maximum Gasteiger partial charge on any atom is 0.187 e. The third-order valence-corrected chi connectivity index (χ3v) is 3.50. The van der Waals surface area contributed by atoms with Crippen LogP contribution in [0.25, 0.3) is 12.2 Å². The number of piperidine rings is 1. The van der Waals surface area contributed by atoms with Crippen molar-refractivity contribution >= 4 is 17.9 Å². The fraction of sp³-hybridized carbons (Fsp3) is 0.105. The molecular formula is C19H17NO. The monoisotopic (exact) mass is 275 g/mol. The molecule has 0 saturated carbocycles. The molecule has 0 radical (unpaired) electrons. The van der Waals surface area contributed by atoms with Crippen molar-refractivity contribution in [2.24, 2.45) is 0 Å². The Bertz CT molecular complexity index is 625. The van der Waals surface area contributed by atoms with Gasteiger partial charge in [-0.3, -0.25) is 4.79 Å². The first-order chi connectivity index (χ1) is 10.3. The summed E-state index contributed by atoms with van der Waals surface area (Å²) in [6.45, 7) is 1.25. The number of carbonyl (C=O) groups excluding carboxylic acids is 1. The molecule has 1 aliphatic heterocycles. The van der Waals surface area contributed by atoms with Crippen LogP contribution in [0.3, 0.4) is 0 Å². The number of Topliss-reactive ketones (excluding diaryl/α,β-unsaturated/α-hetero) is 1. The standard InChI is InChI=1S/C19H17NO/c21-19-17(11-15-7-3-1-4-8-15)13-20-14-18(19)12-16-9-5-2-6-10-16/h1-12,20H,13-14H2/b17-11-,18-12+. The lowest BCUT2D eigenvalue weighted by Crippen LogP contribution is -2.32. The molecule has 0 bridgehead atoms. The molecule has 2 nitrogen and oxygen atoms in total. The summed E-state index contributed by atoms with van der Waals surface area (Å²) in [6.07, 6.45) is 3.93. The number of benzene rings is 2. The Morgan fingerprint density at radius 3 is 1.57 bits per heavy atom. The van der Waals surface area contributed by atoms with E-state index in [4.69, 9.17) is 0 Å². The summed E-state index contributed by atoms with van der Waals surface area (Å²) in [5, 5.41) is 3.30. The largest absolute Gasteiger partial charge is 0.308 e. The molecule has 0 atom stereocenters. The Hall–Kier alpha value is -2.45. The van der Waals surface area contributed by atoms with Gasteiger partial charge in [-0.1, -0.05) is 60.7 Å². The Kier molecular flexibility index (Phi) is 4.08. The van der Waals surface area contributed by atoms with Crippen LogP contribution in [-0.4, -0.2) is 18.9 Å². The summed E-state index contributed by atoms with van der Waals surface area (Å²) in [7, 11) is 0. The van der Waals surface area contributed by atoms with E-state index in [0.717, 1.165) is 22.3 Å². The highest BCUT2D eigenvalue weighted by Crippen LogP contribution is 2.17. The zero-order valence-corrected chi connectivity index (χ0v) is 11.8. The van der Waals surface area contributed by atoms with Crippen molar-refractivity contribution in [2.75, 3.05) is 13.1 Å². The molecule has 3 rings (SSSR count). The number of ketones is 1. The second-order valence-electron chi connectivity index (χ2n) is 5.09. The first kappa shape index (κ1) is 13.5. The molecule has 1 saturated heterocycles. The highest BCUT2D eigenvalue weighted by molar-refractivity contribution is 6.14. The van der Waals surface area contributed by atoms with Crippen LogP contribution in [0.5, 0.6) is 0 Å². The number of rotatable bonds is 2. The average Bonchev–Trinajstić information content (AvgIpc) is 2.53. The second-order valence-corrected chi connectivity index (χ2v) is 5.09. The van der Waals surface area contributed by atoms with Gasteiger partial charge in [0.1, 0.15) is 0 Å². The van der Waals surface area contributed by atoms with Crippen LogP contribution in [0.2, 0.25) is 0 Å². The van der Waals surface area contributed by atoms with Crippen LogP contribution in [0.1, 0.15) is 11.1 Å². The van der Waals surface area contributed by atoms with Crippen molar-refractivity contribution in [1.29, 1.82) is 0 Å². The first-order valence-electron chi connectivity index (χ1n) is 7.09. The minimum absolute atomic E-state index is 0.140. The Balaban J connectivity index is 1.88. The zero-order chi connectivity index (χ0) is 14.5. The summed E-state index contributed by atoms with van der Waals surface area (Å²) in [5.41, 5.74) is 3.75. The van der Waals surface area contributed by atoms with Gasteiger partial charge in [-0.25, -0.2) is 0 Å². The topological polar surface area (TPSA) is 29.1 Å². The van der Waals surface area contributed by atoms with E-state index in [1.807, 2.05) is 72.8 Å². The lowest BCUT2D eigenvalue weighted by Gasteiger charge is -2.18. The van der Waals surface area contributed by atoms with Gasteiger partial charge in [-0.05, 0) is 23.3 Å². The third-order valence-electron chi connectivity index (χ3n) is 3.50. The van der Waals surface area contributed by atoms with Crippen molar-refractivity contribution in [3.05, 3.63) is 82.9 Å². The van der Waals surface area contributed by atoms with Crippen LogP contribution < -0.4 is 5.32 Å². The lowest BCUT2D eigenvalue weighted by molar-refractivity contribution is -0.112. The smallest absolute Gasteiger partial charge is 0.187 e. The van der Waals surface area contributed by atoms with Crippen molar-refractivity contribution in [2.45, 2.75) is 0 Å². The van der Waals surface area contributed by atoms with Crippen molar-refractivity contribution < 1.29 is 4.79 Å². The molecule has 1 fully saturated rings. The molecule has 21 heavy (non-hydrogen) atoms. The van der Waals surface area contributed by atoms with Gasteiger partial charge >= 0.3 is 0 Å². The number of hydrogen-bond donors (Lipinski definition) is 1. The maximum absolute atomic E-state index is 12.6. The molecule has 2 aromatic carbocycles. The van der Waals surface area contributed by atoms with Crippen LogP contribution in [0.4, 0.5) is 0 Å². The third kappa shape index (κ3) is 3.36. The minimum atomic E-state index is 0.140. The maximum atomic E-state index is 12.6. The van der Waals surface area contributed by atoms with Crippen molar-refractivity contribution in [3.8, 4) is 0 Å². The highest BCUT2D eigenvalue weighted by Gasteiger charge is 2.19. The van der Waals surface area contributed by atoms with Crippen molar-refractivity contribution in [3.63, 3.8) is 0 Å². The average molecular weight is 275 g/mol. The number of hydrogen-bond acceptors (Lipinski definition) is 2. The molecule has 0 spiro atoms. The molecule has 1 heterocycles. The quantitative estimate of drug-likeness (QED) is 0.852. The molecule has 0 unspecified atom stereocenters. The molecule has 0 aliphatic carbocycles. The van der Waals surface area contributed by atoms with E-state index in [0.29, 0.717) is 13.1 Å². The normalized spacial score (nSPS) is 19.1. The molecule has 0 aromatic heterocycles. The van der Waals surface area contributed by atoms with Crippen molar-refractivity contribution in [1.82, 2.24) is 5.32 Å². The van der Waals surface area contributed by atoms with E-state index in [-0.39, 0.29) is 5.78 Å². The van der Waals surface area contributed by atoms with E-state index in [1.54, 1.807) is 0 Å². The minimum Gasteiger partial charge on any atom is -0.308 e. The Morgan fingerprint density at radius 2 is 1.14 bits per heavy atom. The molecule has 2 aromatic rings. The number of nitrogens with one attached hydrogen (secondary N) is 1. The molecule has 2 heteroatoms. The van der Waals surface area contributed by atoms with E-state index >= 15 is 0 Å². The molecule has 1 N–H and O–H groups in total. The van der Waals surface area contributed by atoms with E-state index in [2.05, 4.69) is 5.32 Å². The molecule has 1 aliphatic rings. The Morgan fingerprint density at radius 1 is 0.714 bits per heavy atom. The molecule has 0 amide bonds. The summed E-state index contributed by atoms with van der Waals surface area (Å²) in [5.74, 6) is 0.140. The molecule has 104 valence electrons. The van der Waals surface area contributed by atoms with Gasteiger partial charge < -0.3 is 5.32 Å². The summed E-state index contributed by atoms with van der Waals surface area (Å²) in [4.78, 5) is 12.6.